The minimum Gasteiger partial charge on any atom is -0.383 e. The van der Waals surface area contributed by atoms with E-state index in [9.17, 15) is 4.79 Å². The van der Waals surface area contributed by atoms with E-state index in [4.69, 9.17) is 4.74 Å². The van der Waals surface area contributed by atoms with Crippen molar-refractivity contribution in [2.24, 2.45) is 0 Å². The molecule has 2 heterocycles. The van der Waals surface area contributed by atoms with Gasteiger partial charge in [0.15, 0.2) is 5.82 Å². The topological polar surface area (TPSA) is 84.8 Å². The van der Waals surface area contributed by atoms with Gasteiger partial charge >= 0.3 is 0 Å². The lowest BCUT2D eigenvalue weighted by molar-refractivity contribution is 0.0932. The monoisotopic (exact) mass is 263 g/mol. The molecule has 0 radical (unpaired) electrons. The third kappa shape index (κ3) is 3.19. The van der Waals surface area contributed by atoms with Gasteiger partial charge in [0, 0.05) is 19.9 Å². The minimum absolute atomic E-state index is 0.168. The summed E-state index contributed by atoms with van der Waals surface area (Å²) in [6.07, 6.45) is 3.34. The van der Waals surface area contributed by atoms with E-state index in [1.165, 1.54) is 0 Å². The molecule has 2 rings (SSSR count). The average molecular weight is 263 g/mol. The summed E-state index contributed by atoms with van der Waals surface area (Å²) in [5.74, 6) is 0.538. The lowest BCUT2D eigenvalue weighted by atomic mass is 10.3. The predicted octanol–water partition coefficient (Wildman–Crippen LogP) is 0.744. The van der Waals surface area contributed by atoms with Crippen molar-refractivity contribution in [1.29, 1.82) is 0 Å². The summed E-state index contributed by atoms with van der Waals surface area (Å²) in [6.45, 7) is 3.10. The number of nitrogens with zero attached hydrogens (tertiary/aromatic N) is 3. The van der Waals surface area contributed by atoms with Crippen molar-refractivity contribution in [3.8, 4) is 0 Å². The van der Waals surface area contributed by atoms with E-state index in [1.54, 1.807) is 31.8 Å². The fourth-order valence-electron chi connectivity index (χ4n) is 1.77. The zero-order valence-electron chi connectivity index (χ0n) is 11.0. The quantitative estimate of drug-likeness (QED) is 0.805. The van der Waals surface area contributed by atoms with Crippen LogP contribution in [0.25, 0.3) is 0 Å². The Hall–Kier alpha value is -2.15. The van der Waals surface area contributed by atoms with Gasteiger partial charge in [0.25, 0.3) is 5.91 Å². The van der Waals surface area contributed by atoms with E-state index in [0.717, 1.165) is 0 Å². The first kappa shape index (κ1) is 13.3. The number of amides is 1. The Labute approximate surface area is 111 Å². The maximum atomic E-state index is 11.9. The fourth-order valence-corrected chi connectivity index (χ4v) is 1.77. The van der Waals surface area contributed by atoms with Gasteiger partial charge in [0.2, 0.25) is 0 Å². The van der Waals surface area contributed by atoms with Gasteiger partial charge < -0.3 is 19.6 Å². The zero-order valence-corrected chi connectivity index (χ0v) is 11.0. The molecule has 1 atom stereocenters. The van der Waals surface area contributed by atoms with E-state index >= 15 is 0 Å². The molecule has 102 valence electrons. The molecule has 0 spiro atoms. The molecule has 1 amide bonds. The van der Waals surface area contributed by atoms with Crippen LogP contribution in [0.5, 0.6) is 0 Å². The molecule has 0 saturated heterocycles. The van der Waals surface area contributed by atoms with Crippen LogP contribution in [0.15, 0.2) is 24.7 Å². The number of aromatic amines is 1. The highest BCUT2D eigenvalue weighted by atomic mass is 16.5. The Morgan fingerprint density at radius 2 is 2.47 bits per heavy atom. The molecule has 0 bridgehead atoms. The van der Waals surface area contributed by atoms with E-state index in [-0.39, 0.29) is 11.9 Å². The van der Waals surface area contributed by atoms with Gasteiger partial charge in [-0.1, -0.05) is 0 Å². The molecule has 2 N–H and O–H groups in total. The number of nitrogens with one attached hydrogen (secondary N) is 2. The lowest BCUT2D eigenvalue weighted by Gasteiger charge is -2.14. The Bertz CT molecular complexity index is 520. The van der Waals surface area contributed by atoms with Crippen molar-refractivity contribution < 1.29 is 9.53 Å². The number of carbonyl (C=O) groups is 1. The SMILES string of the molecule is COCCn1cnnc1C(C)NC(=O)c1ccc[nH]1. The second-order valence-electron chi connectivity index (χ2n) is 4.15. The summed E-state index contributed by atoms with van der Waals surface area (Å²) < 4.78 is 6.89. The summed E-state index contributed by atoms with van der Waals surface area (Å²) in [4.78, 5) is 14.8. The summed E-state index contributed by atoms with van der Waals surface area (Å²) in [5, 5.41) is 10.8. The van der Waals surface area contributed by atoms with Crippen molar-refractivity contribution in [3.05, 3.63) is 36.2 Å². The van der Waals surface area contributed by atoms with Crippen molar-refractivity contribution in [1.82, 2.24) is 25.1 Å². The molecule has 0 saturated carbocycles. The van der Waals surface area contributed by atoms with E-state index in [1.807, 2.05) is 11.5 Å². The molecule has 0 fully saturated rings. The molecule has 2 aromatic heterocycles. The summed E-state index contributed by atoms with van der Waals surface area (Å²) >= 11 is 0. The van der Waals surface area contributed by atoms with Crippen molar-refractivity contribution in [2.75, 3.05) is 13.7 Å². The van der Waals surface area contributed by atoms with Gasteiger partial charge in [-0.2, -0.15) is 0 Å². The van der Waals surface area contributed by atoms with Crippen LogP contribution in [0.3, 0.4) is 0 Å². The maximum Gasteiger partial charge on any atom is 0.268 e. The van der Waals surface area contributed by atoms with Gasteiger partial charge in [-0.3, -0.25) is 4.79 Å². The number of H-pyrrole nitrogens is 1. The molecule has 1 unspecified atom stereocenters. The average Bonchev–Trinajstić information content (AvgIpc) is 3.07. The Kier molecular flexibility index (Phi) is 4.30. The van der Waals surface area contributed by atoms with Gasteiger partial charge in [-0.05, 0) is 19.1 Å². The van der Waals surface area contributed by atoms with Gasteiger partial charge in [0.1, 0.15) is 12.0 Å². The zero-order chi connectivity index (χ0) is 13.7. The molecule has 19 heavy (non-hydrogen) atoms. The predicted molar refractivity (Wildman–Crippen MR) is 68.6 cm³/mol. The summed E-state index contributed by atoms with van der Waals surface area (Å²) in [7, 11) is 1.64. The molecule has 2 aromatic rings. The largest absolute Gasteiger partial charge is 0.383 e. The van der Waals surface area contributed by atoms with Gasteiger partial charge in [0.05, 0.1) is 12.6 Å². The fraction of sp³-hybridized carbons (Fsp3) is 0.417. The van der Waals surface area contributed by atoms with Crippen LogP contribution in [-0.4, -0.2) is 39.4 Å². The number of methoxy groups -OCH3 is 1. The first-order valence-electron chi connectivity index (χ1n) is 6.03. The lowest BCUT2D eigenvalue weighted by Crippen LogP contribution is -2.29. The van der Waals surface area contributed by atoms with E-state index in [2.05, 4.69) is 20.5 Å². The third-order valence-electron chi connectivity index (χ3n) is 2.76. The van der Waals surface area contributed by atoms with Crippen LogP contribution >= 0.6 is 0 Å². The van der Waals surface area contributed by atoms with Crippen molar-refractivity contribution in [2.45, 2.75) is 19.5 Å². The second kappa shape index (κ2) is 6.14. The van der Waals surface area contributed by atoms with E-state index < -0.39 is 0 Å². The first-order chi connectivity index (χ1) is 9.22. The molecule has 0 aliphatic carbocycles. The van der Waals surface area contributed by atoms with Crippen molar-refractivity contribution in [3.63, 3.8) is 0 Å². The number of carbonyl (C=O) groups excluding carboxylic acids is 1. The summed E-state index contributed by atoms with van der Waals surface area (Å²) in [5.41, 5.74) is 0.523. The number of aromatic nitrogens is 4. The number of hydrogen-bond acceptors (Lipinski definition) is 4. The van der Waals surface area contributed by atoms with Crippen LogP contribution in [0.2, 0.25) is 0 Å². The normalized spacial score (nSPS) is 12.3. The van der Waals surface area contributed by atoms with E-state index in [0.29, 0.717) is 24.7 Å². The molecule has 0 aliphatic rings. The highest BCUT2D eigenvalue weighted by Crippen LogP contribution is 2.09. The molecule has 0 aliphatic heterocycles. The Morgan fingerprint density at radius 3 is 3.16 bits per heavy atom. The molecular weight excluding hydrogens is 246 g/mol. The molecule has 7 nitrogen and oxygen atoms in total. The third-order valence-corrected chi connectivity index (χ3v) is 2.76. The molecular formula is C12H17N5O2. The Morgan fingerprint density at radius 1 is 1.63 bits per heavy atom. The number of ether oxygens (including phenoxy) is 1. The minimum atomic E-state index is -0.227. The van der Waals surface area contributed by atoms with Gasteiger partial charge in [-0.15, -0.1) is 10.2 Å². The molecule has 0 aromatic carbocycles. The number of rotatable bonds is 6. The first-order valence-corrected chi connectivity index (χ1v) is 6.03. The van der Waals surface area contributed by atoms with Crippen LogP contribution in [0.1, 0.15) is 29.3 Å². The van der Waals surface area contributed by atoms with Crippen LogP contribution in [-0.2, 0) is 11.3 Å². The molecule has 7 heteroatoms. The van der Waals surface area contributed by atoms with Gasteiger partial charge in [-0.25, -0.2) is 0 Å². The maximum absolute atomic E-state index is 11.9. The number of hydrogen-bond donors (Lipinski definition) is 2. The standard InChI is InChI=1S/C12H17N5O2/c1-9(15-12(18)10-4-3-5-13-10)11-16-14-8-17(11)6-7-19-2/h3-5,8-9,13H,6-7H2,1-2H3,(H,15,18). The van der Waals surface area contributed by atoms with Crippen LogP contribution in [0.4, 0.5) is 0 Å². The Balaban J connectivity index is 2.01. The van der Waals surface area contributed by atoms with Crippen LogP contribution in [0, 0.1) is 0 Å². The highest BCUT2D eigenvalue weighted by molar-refractivity contribution is 5.92. The van der Waals surface area contributed by atoms with Crippen LogP contribution < -0.4 is 5.32 Å². The van der Waals surface area contributed by atoms with Crippen molar-refractivity contribution >= 4 is 5.91 Å². The smallest absolute Gasteiger partial charge is 0.268 e. The summed E-state index contributed by atoms with van der Waals surface area (Å²) in [6, 6.07) is 3.27. The highest BCUT2D eigenvalue weighted by Gasteiger charge is 2.16. The second-order valence-corrected chi connectivity index (χ2v) is 4.15.